The van der Waals surface area contributed by atoms with E-state index in [9.17, 15) is 5.11 Å². The monoisotopic (exact) mass is 364 g/mol. The lowest BCUT2D eigenvalue weighted by Gasteiger charge is -2.08. The lowest BCUT2D eigenvalue weighted by atomic mass is 10.1. The highest BCUT2D eigenvalue weighted by molar-refractivity contribution is 14.1. The molecule has 1 heterocycles. The summed E-state index contributed by atoms with van der Waals surface area (Å²) in [5.74, 6) is 0. The van der Waals surface area contributed by atoms with Crippen LogP contribution in [0.15, 0.2) is 36.4 Å². The predicted octanol–water partition coefficient (Wildman–Crippen LogP) is 4.28. The molecule has 0 spiro atoms. The van der Waals surface area contributed by atoms with Gasteiger partial charge >= 0.3 is 0 Å². The Morgan fingerprint density at radius 3 is 2.44 bits per heavy atom. The van der Waals surface area contributed by atoms with Gasteiger partial charge in [-0.1, -0.05) is 23.7 Å². The van der Waals surface area contributed by atoms with Gasteiger partial charge in [0.05, 0.1) is 10.4 Å². The van der Waals surface area contributed by atoms with Gasteiger partial charge in [0.2, 0.25) is 0 Å². The van der Waals surface area contributed by atoms with E-state index in [0.717, 1.165) is 14.8 Å². The molecule has 0 aliphatic carbocycles. The first kappa shape index (κ1) is 12.4. The number of halogens is 2. The van der Waals surface area contributed by atoms with E-state index in [1.165, 1.54) is 14.9 Å². The van der Waals surface area contributed by atoms with Gasteiger partial charge in [0, 0.05) is 14.9 Å². The summed E-state index contributed by atoms with van der Waals surface area (Å²) in [6, 6.07) is 11.9. The number of thiophene rings is 1. The minimum atomic E-state index is -0.461. The number of aliphatic hydroxyl groups excluding tert-OH is 1. The molecular weight excluding hydrogens is 355 g/mol. The number of hydrogen-bond donors (Lipinski definition) is 1. The molecule has 0 radical (unpaired) electrons. The molecule has 1 unspecified atom stereocenters. The smallest absolute Gasteiger partial charge is 0.0932 e. The van der Waals surface area contributed by atoms with Crippen molar-refractivity contribution in [1.29, 1.82) is 0 Å². The molecule has 0 saturated carbocycles. The molecule has 1 nitrogen and oxygen atoms in total. The molecule has 0 aliphatic heterocycles. The number of aliphatic hydroxyl groups is 1. The van der Waals surface area contributed by atoms with Gasteiger partial charge in [0.1, 0.15) is 0 Å². The molecule has 0 saturated heterocycles. The molecular formula is C12H10ClIOS. The molecule has 0 fully saturated rings. The van der Waals surface area contributed by atoms with E-state index in [2.05, 4.69) is 22.6 Å². The van der Waals surface area contributed by atoms with Gasteiger partial charge in [-0.2, -0.15) is 0 Å². The number of benzene rings is 1. The van der Waals surface area contributed by atoms with Crippen LogP contribution in [-0.2, 0) is 6.42 Å². The maximum Gasteiger partial charge on any atom is 0.0932 e. The van der Waals surface area contributed by atoms with E-state index in [1.807, 2.05) is 36.4 Å². The van der Waals surface area contributed by atoms with E-state index >= 15 is 0 Å². The zero-order chi connectivity index (χ0) is 11.5. The molecule has 2 aromatic rings. The van der Waals surface area contributed by atoms with Crippen LogP contribution in [0.4, 0.5) is 0 Å². The molecule has 0 aliphatic rings. The van der Waals surface area contributed by atoms with Crippen LogP contribution in [-0.4, -0.2) is 5.11 Å². The van der Waals surface area contributed by atoms with Crippen LogP contribution in [0.3, 0.4) is 0 Å². The van der Waals surface area contributed by atoms with Gasteiger partial charge in [-0.3, -0.25) is 0 Å². The lowest BCUT2D eigenvalue weighted by molar-refractivity contribution is 0.182. The Labute approximate surface area is 117 Å². The van der Waals surface area contributed by atoms with Crippen LogP contribution in [0.2, 0.25) is 4.34 Å². The first-order valence-corrected chi connectivity index (χ1v) is 7.10. The first-order valence-electron chi connectivity index (χ1n) is 4.83. The van der Waals surface area contributed by atoms with Gasteiger partial charge in [-0.05, 0) is 52.4 Å². The van der Waals surface area contributed by atoms with Crippen molar-refractivity contribution in [3.63, 3.8) is 0 Å². The van der Waals surface area contributed by atoms with Gasteiger partial charge < -0.3 is 5.11 Å². The highest BCUT2D eigenvalue weighted by Gasteiger charge is 2.10. The van der Waals surface area contributed by atoms with Crippen LogP contribution < -0.4 is 0 Å². The first-order chi connectivity index (χ1) is 7.65. The maximum absolute atomic E-state index is 10.0. The van der Waals surface area contributed by atoms with E-state index in [-0.39, 0.29) is 0 Å². The SMILES string of the molecule is OC(Cc1ccc(I)cc1)c1ccc(Cl)s1. The summed E-state index contributed by atoms with van der Waals surface area (Å²) >= 11 is 9.53. The van der Waals surface area contributed by atoms with Crippen molar-refractivity contribution in [3.8, 4) is 0 Å². The Kier molecular flexibility index (Phi) is 4.24. The fourth-order valence-corrected chi connectivity index (χ4v) is 2.86. The largest absolute Gasteiger partial charge is 0.387 e. The Hall–Kier alpha value is -0.100. The second kappa shape index (κ2) is 5.49. The summed E-state index contributed by atoms with van der Waals surface area (Å²) in [5, 5.41) is 10.0. The Bertz CT molecular complexity index is 466. The van der Waals surface area contributed by atoms with Crippen molar-refractivity contribution in [1.82, 2.24) is 0 Å². The lowest BCUT2D eigenvalue weighted by Crippen LogP contribution is -1.99. The minimum absolute atomic E-state index is 0.461. The van der Waals surface area contributed by atoms with Crippen molar-refractivity contribution in [2.45, 2.75) is 12.5 Å². The highest BCUT2D eigenvalue weighted by atomic mass is 127. The highest BCUT2D eigenvalue weighted by Crippen LogP contribution is 2.28. The van der Waals surface area contributed by atoms with Crippen LogP contribution in [0.5, 0.6) is 0 Å². The molecule has 2 rings (SSSR count). The summed E-state index contributed by atoms with van der Waals surface area (Å²) in [6.07, 6.45) is 0.172. The van der Waals surface area contributed by atoms with Crippen molar-refractivity contribution >= 4 is 45.5 Å². The van der Waals surface area contributed by atoms with E-state index in [4.69, 9.17) is 11.6 Å². The van der Waals surface area contributed by atoms with Crippen molar-refractivity contribution in [3.05, 3.63) is 54.7 Å². The van der Waals surface area contributed by atoms with E-state index in [0.29, 0.717) is 6.42 Å². The zero-order valence-corrected chi connectivity index (χ0v) is 12.1. The van der Waals surface area contributed by atoms with Crippen LogP contribution in [0.1, 0.15) is 16.5 Å². The fraction of sp³-hybridized carbons (Fsp3) is 0.167. The van der Waals surface area contributed by atoms with Gasteiger partial charge in [-0.25, -0.2) is 0 Å². The molecule has 1 aromatic carbocycles. The third-order valence-electron chi connectivity index (χ3n) is 2.26. The van der Waals surface area contributed by atoms with Crippen molar-refractivity contribution in [2.75, 3.05) is 0 Å². The third kappa shape index (κ3) is 3.20. The Morgan fingerprint density at radius 2 is 1.88 bits per heavy atom. The van der Waals surface area contributed by atoms with Gasteiger partial charge in [-0.15, -0.1) is 11.3 Å². The molecule has 84 valence electrons. The normalized spacial score (nSPS) is 12.7. The van der Waals surface area contributed by atoms with E-state index < -0.39 is 6.10 Å². The summed E-state index contributed by atoms with van der Waals surface area (Å²) in [4.78, 5) is 0.920. The van der Waals surface area contributed by atoms with Crippen molar-refractivity contribution < 1.29 is 5.11 Å². The third-order valence-corrected chi connectivity index (χ3v) is 4.32. The maximum atomic E-state index is 10.0. The molecule has 16 heavy (non-hydrogen) atoms. The average Bonchev–Trinajstić information content (AvgIpc) is 2.68. The van der Waals surface area contributed by atoms with Crippen LogP contribution in [0, 0.1) is 3.57 Å². The van der Waals surface area contributed by atoms with Gasteiger partial charge in [0.15, 0.2) is 0 Å². The van der Waals surface area contributed by atoms with Crippen molar-refractivity contribution in [2.24, 2.45) is 0 Å². The Morgan fingerprint density at radius 1 is 1.19 bits per heavy atom. The fourth-order valence-electron chi connectivity index (χ4n) is 1.45. The van der Waals surface area contributed by atoms with E-state index in [1.54, 1.807) is 0 Å². The summed E-state index contributed by atoms with van der Waals surface area (Å²) in [6.45, 7) is 0. The summed E-state index contributed by atoms with van der Waals surface area (Å²) in [7, 11) is 0. The molecule has 1 N–H and O–H groups in total. The van der Waals surface area contributed by atoms with Crippen LogP contribution in [0.25, 0.3) is 0 Å². The molecule has 1 aromatic heterocycles. The second-order valence-corrected chi connectivity index (χ2v) is 6.48. The molecule has 1 atom stereocenters. The Balaban J connectivity index is 2.07. The quantitative estimate of drug-likeness (QED) is 0.806. The number of hydrogen-bond acceptors (Lipinski definition) is 2. The molecule has 0 bridgehead atoms. The second-order valence-electron chi connectivity index (χ2n) is 3.49. The average molecular weight is 365 g/mol. The summed E-state index contributed by atoms with van der Waals surface area (Å²) < 4.78 is 1.92. The predicted molar refractivity (Wildman–Crippen MR) is 77.2 cm³/mol. The standard InChI is InChI=1S/C12H10ClIOS/c13-12-6-5-11(16-12)10(15)7-8-1-3-9(14)4-2-8/h1-6,10,15H,7H2. The molecule has 4 heteroatoms. The van der Waals surface area contributed by atoms with Crippen LogP contribution >= 0.6 is 45.5 Å². The minimum Gasteiger partial charge on any atom is -0.387 e. The summed E-state index contributed by atoms with van der Waals surface area (Å²) in [5.41, 5.74) is 1.14. The topological polar surface area (TPSA) is 20.2 Å². The van der Waals surface area contributed by atoms with Gasteiger partial charge in [0.25, 0.3) is 0 Å². The molecule has 0 amide bonds. The zero-order valence-electron chi connectivity index (χ0n) is 8.36. The number of rotatable bonds is 3.